The molecule has 1 aliphatic rings. The minimum atomic E-state index is -3.73. The molecule has 0 aromatic heterocycles. The number of nitrogens with zero attached hydrogens (tertiary/aromatic N) is 2. The molecule has 0 unspecified atom stereocenters. The monoisotopic (exact) mass is 415 g/mol. The second-order valence-corrected chi connectivity index (χ2v) is 9.21. The fourth-order valence-electron chi connectivity index (χ4n) is 3.19. The van der Waals surface area contributed by atoms with E-state index in [2.05, 4.69) is 5.32 Å². The molecule has 1 N–H and O–H groups in total. The van der Waals surface area contributed by atoms with Crippen molar-refractivity contribution in [3.05, 3.63) is 59.7 Å². The number of amides is 2. The Labute approximate surface area is 171 Å². The maximum absolute atomic E-state index is 12.6. The van der Waals surface area contributed by atoms with Crippen LogP contribution in [0.4, 0.5) is 5.69 Å². The van der Waals surface area contributed by atoms with Gasteiger partial charge in [0.2, 0.25) is 21.8 Å². The molecule has 7 nitrogen and oxygen atoms in total. The number of nitrogens with one attached hydrogen (secondary N) is 1. The number of carbonyl (C=O) groups is 2. The highest BCUT2D eigenvalue weighted by Crippen LogP contribution is 2.22. The van der Waals surface area contributed by atoms with E-state index in [4.69, 9.17) is 0 Å². The van der Waals surface area contributed by atoms with E-state index in [1.54, 1.807) is 17.0 Å². The minimum Gasteiger partial charge on any atom is -0.351 e. The second kappa shape index (κ2) is 8.75. The van der Waals surface area contributed by atoms with Gasteiger partial charge in [-0.3, -0.25) is 9.59 Å². The predicted octanol–water partition coefficient (Wildman–Crippen LogP) is 2.06. The molecule has 0 aliphatic carbocycles. The predicted molar refractivity (Wildman–Crippen MR) is 111 cm³/mol. The zero-order chi connectivity index (χ0) is 21.0. The van der Waals surface area contributed by atoms with E-state index >= 15 is 0 Å². The summed E-state index contributed by atoms with van der Waals surface area (Å²) in [4.78, 5) is 26.1. The van der Waals surface area contributed by atoms with E-state index in [1.165, 1.54) is 19.2 Å². The quantitative estimate of drug-likeness (QED) is 0.750. The van der Waals surface area contributed by atoms with Gasteiger partial charge in [0.05, 0.1) is 11.4 Å². The molecule has 154 valence electrons. The van der Waals surface area contributed by atoms with Crippen molar-refractivity contribution in [3.8, 4) is 0 Å². The van der Waals surface area contributed by atoms with Gasteiger partial charge in [0.1, 0.15) is 0 Å². The Kier molecular flexibility index (Phi) is 6.34. The Hall–Kier alpha value is -2.71. The molecule has 29 heavy (non-hydrogen) atoms. The summed E-state index contributed by atoms with van der Waals surface area (Å²) < 4.78 is 26.2. The van der Waals surface area contributed by atoms with E-state index in [1.807, 2.05) is 31.2 Å². The number of anilines is 1. The SMILES string of the molecule is Cc1ccc(S(=O)(=O)N(C)CC(=O)NCc2cccc(N3CCCC3=O)c2)cc1. The molecule has 0 spiro atoms. The van der Waals surface area contributed by atoms with Gasteiger partial charge in [-0.05, 0) is 43.2 Å². The van der Waals surface area contributed by atoms with Gasteiger partial charge < -0.3 is 10.2 Å². The zero-order valence-electron chi connectivity index (χ0n) is 16.6. The highest BCUT2D eigenvalue weighted by molar-refractivity contribution is 7.89. The molecule has 8 heteroatoms. The van der Waals surface area contributed by atoms with E-state index in [-0.39, 0.29) is 23.9 Å². The van der Waals surface area contributed by atoms with Crippen LogP contribution in [0.3, 0.4) is 0 Å². The van der Waals surface area contributed by atoms with E-state index < -0.39 is 15.9 Å². The van der Waals surface area contributed by atoms with Crippen molar-refractivity contribution in [2.24, 2.45) is 0 Å². The smallest absolute Gasteiger partial charge is 0.243 e. The largest absolute Gasteiger partial charge is 0.351 e. The molecule has 1 fully saturated rings. The van der Waals surface area contributed by atoms with E-state index in [0.29, 0.717) is 13.0 Å². The van der Waals surface area contributed by atoms with E-state index in [9.17, 15) is 18.0 Å². The molecule has 0 radical (unpaired) electrons. The molecule has 0 atom stereocenters. The third-order valence-corrected chi connectivity index (χ3v) is 6.70. The average Bonchev–Trinajstić information content (AvgIpc) is 3.13. The summed E-state index contributed by atoms with van der Waals surface area (Å²) in [6, 6.07) is 14.0. The topological polar surface area (TPSA) is 86.8 Å². The maximum atomic E-state index is 12.6. The fourth-order valence-corrected chi connectivity index (χ4v) is 4.32. The molecule has 2 aromatic carbocycles. The van der Waals surface area contributed by atoms with Crippen molar-refractivity contribution in [2.45, 2.75) is 31.2 Å². The first kappa shape index (κ1) is 21.0. The lowest BCUT2D eigenvalue weighted by molar-refractivity contribution is -0.121. The number of aryl methyl sites for hydroxylation is 1. The van der Waals surface area contributed by atoms with Crippen molar-refractivity contribution in [1.82, 2.24) is 9.62 Å². The van der Waals surface area contributed by atoms with Crippen LogP contribution in [0.1, 0.15) is 24.0 Å². The van der Waals surface area contributed by atoms with Gasteiger partial charge in [-0.2, -0.15) is 4.31 Å². The molecular formula is C21H25N3O4S. The van der Waals surface area contributed by atoms with Gasteiger partial charge in [0.25, 0.3) is 0 Å². The van der Waals surface area contributed by atoms with Gasteiger partial charge in [0, 0.05) is 32.2 Å². The molecule has 1 heterocycles. The lowest BCUT2D eigenvalue weighted by Gasteiger charge is -2.18. The Morgan fingerprint density at radius 2 is 1.90 bits per heavy atom. The second-order valence-electron chi connectivity index (χ2n) is 7.17. The van der Waals surface area contributed by atoms with Gasteiger partial charge >= 0.3 is 0 Å². The van der Waals surface area contributed by atoms with Crippen LogP contribution in [-0.2, 0) is 26.2 Å². The van der Waals surface area contributed by atoms with Crippen LogP contribution in [0, 0.1) is 6.92 Å². The first-order valence-corrected chi connectivity index (χ1v) is 10.9. The van der Waals surface area contributed by atoms with Crippen LogP contribution < -0.4 is 10.2 Å². The van der Waals surface area contributed by atoms with E-state index in [0.717, 1.165) is 27.5 Å². The Balaban J connectivity index is 1.58. The van der Waals surface area contributed by atoms with Crippen LogP contribution in [0.2, 0.25) is 0 Å². The number of carbonyl (C=O) groups excluding carboxylic acids is 2. The third kappa shape index (κ3) is 5.02. The number of hydrogen-bond donors (Lipinski definition) is 1. The highest BCUT2D eigenvalue weighted by atomic mass is 32.2. The molecule has 2 amide bonds. The van der Waals surface area contributed by atoms with Crippen molar-refractivity contribution >= 4 is 27.5 Å². The molecule has 2 aromatic rings. The number of benzene rings is 2. The van der Waals surface area contributed by atoms with Crippen LogP contribution in [0.25, 0.3) is 0 Å². The van der Waals surface area contributed by atoms with Crippen LogP contribution in [0.5, 0.6) is 0 Å². The summed E-state index contributed by atoms with van der Waals surface area (Å²) in [5, 5.41) is 2.74. The normalized spacial score (nSPS) is 14.4. The van der Waals surface area contributed by atoms with Crippen molar-refractivity contribution in [1.29, 1.82) is 0 Å². The molecule has 0 bridgehead atoms. The molecule has 3 rings (SSSR count). The first-order valence-electron chi connectivity index (χ1n) is 9.46. The first-order chi connectivity index (χ1) is 13.8. The van der Waals surface area contributed by atoms with Gasteiger partial charge in [-0.1, -0.05) is 29.8 Å². The van der Waals surface area contributed by atoms with Crippen LogP contribution >= 0.6 is 0 Å². The third-order valence-electron chi connectivity index (χ3n) is 4.88. The van der Waals surface area contributed by atoms with Crippen molar-refractivity contribution in [3.63, 3.8) is 0 Å². The highest BCUT2D eigenvalue weighted by Gasteiger charge is 2.23. The Bertz CT molecular complexity index is 1000. The number of likely N-dealkylation sites (N-methyl/N-ethyl adjacent to an activating group) is 1. The fraction of sp³-hybridized carbons (Fsp3) is 0.333. The van der Waals surface area contributed by atoms with Gasteiger partial charge in [0.15, 0.2) is 0 Å². The molecular weight excluding hydrogens is 390 g/mol. The Morgan fingerprint density at radius 1 is 1.17 bits per heavy atom. The standard InChI is InChI=1S/C21H25N3O4S/c1-16-8-10-19(11-9-16)29(27,28)23(2)15-20(25)22-14-17-5-3-6-18(13-17)24-12-4-7-21(24)26/h3,5-6,8-11,13H,4,7,12,14-15H2,1-2H3,(H,22,25). The lowest BCUT2D eigenvalue weighted by atomic mass is 10.2. The summed E-state index contributed by atoms with van der Waals surface area (Å²) in [6.45, 7) is 2.56. The summed E-state index contributed by atoms with van der Waals surface area (Å²) in [5.41, 5.74) is 2.63. The summed E-state index contributed by atoms with van der Waals surface area (Å²) in [7, 11) is -2.35. The van der Waals surface area contributed by atoms with Gasteiger partial charge in [-0.25, -0.2) is 8.42 Å². The zero-order valence-corrected chi connectivity index (χ0v) is 17.4. The summed E-state index contributed by atoms with van der Waals surface area (Å²) in [6.07, 6.45) is 1.41. The van der Waals surface area contributed by atoms with Crippen molar-refractivity contribution in [2.75, 3.05) is 25.0 Å². The number of sulfonamides is 1. The molecule has 0 saturated carbocycles. The molecule has 1 aliphatic heterocycles. The van der Waals surface area contributed by atoms with Gasteiger partial charge in [-0.15, -0.1) is 0 Å². The summed E-state index contributed by atoms with van der Waals surface area (Å²) in [5.74, 6) is -0.292. The Morgan fingerprint density at radius 3 is 2.55 bits per heavy atom. The maximum Gasteiger partial charge on any atom is 0.243 e. The molecule has 1 saturated heterocycles. The average molecular weight is 416 g/mol. The minimum absolute atomic E-state index is 0.106. The number of rotatable bonds is 7. The van der Waals surface area contributed by atoms with Crippen LogP contribution in [-0.4, -0.2) is 44.7 Å². The summed E-state index contributed by atoms with van der Waals surface area (Å²) >= 11 is 0. The van der Waals surface area contributed by atoms with Crippen LogP contribution in [0.15, 0.2) is 53.4 Å². The number of hydrogen-bond acceptors (Lipinski definition) is 4. The van der Waals surface area contributed by atoms with Crippen molar-refractivity contribution < 1.29 is 18.0 Å². The lowest BCUT2D eigenvalue weighted by Crippen LogP contribution is -2.38.